The molecule has 45 heavy (non-hydrogen) atoms. The van der Waals surface area contributed by atoms with Crippen LogP contribution >= 0.6 is 0 Å². The minimum Gasteiger partial charge on any atom is -0.404 e. The van der Waals surface area contributed by atoms with E-state index in [1.54, 1.807) is 6.07 Å². The van der Waals surface area contributed by atoms with Crippen LogP contribution in [0.3, 0.4) is 0 Å². The number of rotatable bonds is 6. The lowest BCUT2D eigenvalue weighted by molar-refractivity contribution is -0.141. The number of para-hydroxylation sites is 1. The second-order valence-corrected chi connectivity index (χ2v) is 9.85. The minimum atomic E-state index is -4.59. The molecule has 1 saturated heterocycles. The molecule has 1 unspecified atom stereocenters. The van der Waals surface area contributed by atoms with Gasteiger partial charge in [-0.2, -0.15) is 13.2 Å². The molecule has 2 aliphatic rings. The molecule has 15 heteroatoms. The third kappa shape index (κ3) is 6.52. The van der Waals surface area contributed by atoms with Gasteiger partial charge in [-0.3, -0.25) is 4.79 Å². The van der Waals surface area contributed by atoms with Crippen LogP contribution in [0.2, 0.25) is 0 Å². The number of carbonyl (C=O) groups excluding carboxylic acids is 1. The van der Waals surface area contributed by atoms with E-state index in [9.17, 15) is 18.0 Å². The topological polar surface area (TPSA) is 156 Å². The Kier molecular flexibility index (Phi) is 8.24. The molecule has 230 valence electrons. The molecule has 2 aromatic carbocycles. The summed E-state index contributed by atoms with van der Waals surface area (Å²) in [4.78, 5) is 27.8. The summed E-state index contributed by atoms with van der Waals surface area (Å²) in [6.07, 6.45) is -3.50. The third-order valence-corrected chi connectivity index (χ3v) is 6.90. The fourth-order valence-corrected chi connectivity index (χ4v) is 4.75. The highest BCUT2D eigenvalue weighted by molar-refractivity contribution is 6.22. The first-order valence-corrected chi connectivity index (χ1v) is 13.8. The van der Waals surface area contributed by atoms with E-state index in [4.69, 9.17) is 19.9 Å². The molecule has 1 fully saturated rings. The number of alkyl halides is 3. The van der Waals surface area contributed by atoms with Gasteiger partial charge in [-0.1, -0.05) is 53.6 Å². The zero-order valence-corrected chi connectivity index (χ0v) is 23.5. The van der Waals surface area contributed by atoms with E-state index >= 15 is 0 Å². The van der Waals surface area contributed by atoms with Crippen LogP contribution in [-0.4, -0.2) is 70.0 Å². The lowest BCUT2D eigenvalue weighted by Crippen LogP contribution is -2.41. The van der Waals surface area contributed by atoms with E-state index in [0.29, 0.717) is 37.7 Å². The molecule has 6 rings (SSSR count). The predicted octanol–water partition coefficient (Wildman–Crippen LogP) is 4.07. The van der Waals surface area contributed by atoms with Crippen molar-refractivity contribution in [3.8, 4) is 0 Å². The fraction of sp³-hybridized carbons (Fsp3) is 0.200. The van der Waals surface area contributed by atoms with Gasteiger partial charge < -0.3 is 30.4 Å². The second kappa shape index (κ2) is 12.6. The quantitative estimate of drug-likeness (QED) is 0.214. The molecule has 0 aliphatic carbocycles. The van der Waals surface area contributed by atoms with Crippen molar-refractivity contribution in [2.75, 3.05) is 36.9 Å². The van der Waals surface area contributed by atoms with Crippen molar-refractivity contribution in [3.05, 3.63) is 102 Å². The number of anilines is 2. The van der Waals surface area contributed by atoms with Crippen molar-refractivity contribution in [1.29, 1.82) is 0 Å². The summed E-state index contributed by atoms with van der Waals surface area (Å²) < 4.78 is 50.5. The number of hydrogen-bond donors (Lipinski definition) is 3. The zero-order chi connectivity index (χ0) is 31.4. The number of benzene rings is 2. The van der Waals surface area contributed by atoms with Crippen molar-refractivity contribution in [2.24, 2.45) is 15.7 Å². The Balaban J connectivity index is 1.31. The maximum atomic E-state index is 13.2. The average Bonchev–Trinajstić information content (AvgIpc) is 3.46. The largest absolute Gasteiger partial charge is 0.433 e. The highest BCUT2D eigenvalue weighted by Crippen LogP contribution is 2.30. The monoisotopic (exact) mass is 617 g/mol. The van der Waals surface area contributed by atoms with E-state index < -0.39 is 23.9 Å². The number of carbonyl (C=O) groups is 1. The number of ether oxygens (including phenoxy) is 1. The molecule has 2 aliphatic heterocycles. The highest BCUT2D eigenvalue weighted by Gasteiger charge is 2.32. The number of aromatic nitrogens is 3. The molecule has 4 N–H and O–H groups in total. The number of morpholine rings is 1. The number of hydrogen-bond acceptors (Lipinski definition) is 10. The van der Waals surface area contributed by atoms with Crippen LogP contribution in [0.25, 0.3) is 5.57 Å². The highest BCUT2D eigenvalue weighted by atomic mass is 19.4. The van der Waals surface area contributed by atoms with Gasteiger partial charge in [0.25, 0.3) is 11.8 Å². The second-order valence-electron chi connectivity index (χ2n) is 9.85. The van der Waals surface area contributed by atoms with Gasteiger partial charge in [0, 0.05) is 30.4 Å². The van der Waals surface area contributed by atoms with Gasteiger partial charge in [0.1, 0.15) is 11.5 Å². The standard InChI is InChI=1S/C30H26F3N9O3/c31-30(32,33)23-11-10-19(17-35-23)36-26(42-12-14-44-15-13-42)21(16-34)28-40-41-29(45-28)39-25-27(43)37-22-9-5-4-8-20(22)24(38-25)18-6-2-1-3-7-18/h1-11,16-17,25H,12-15,34H2,(H,37,43)(H,39,41). The first kappa shape index (κ1) is 29.5. The number of pyridine rings is 1. The fourth-order valence-electron chi connectivity index (χ4n) is 4.75. The normalized spacial score (nSPS) is 17.7. The number of amides is 1. The SMILES string of the molecule is NC=C(C(=Nc1ccc(C(F)(F)F)nc1)N1CCOCC1)c1nnc(NC2N=C(c3ccccc3)c3ccccc3NC2=O)o1. The molecule has 4 heterocycles. The summed E-state index contributed by atoms with van der Waals surface area (Å²) in [7, 11) is 0. The van der Waals surface area contributed by atoms with Crippen LogP contribution in [0.1, 0.15) is 22.7 Å². The molecule has 0 radical (unpaired) electrons. The van der Waals surface area contributed by atoms with Crippen molar-refractivity contribution in [2.45, 2.75) is 12.3 Å². The molecule has 1 atom stereocenters. The van der Waals surface area contributed by atoms with Crippen LogP contribution in [0.5, 0.6) is 0 Å². The van der Waals surface area contributed by atoms with Gasteiger partial charge in [0.05, 0.1) is 42.1 Å². The lowest BCUT2D eigenvalue weighted by Gasteiger charge is -2.30. The molecule has 0 saturated carbocycles. The first-order valence-electron chi connectivity index (χ1n) is 13.8. The molecule has 4 aromatic rings. The first-order chi connectivity index (χ1) is 21.8. The summed E-state index contributed by atoms with van der Waals surface area (Å²) >= 11 is 0. The van der Waals surface area contributed by atoms with E-state index in [1.807, 2.05) is 53.4 Å². The number of fused-ring (bicyclic) bond motifs is 1. The summed E-state index contributed by atoms with van der Waals surface area (Å²) in [5.74, 6) is -0.229. The Hall–Kier alpha value is -5.57. The van der Waals surface area contributed by atoms with Crippen LogP contribution in [0.4, 0.5) is 30.6 Å². The van der Waals surface area contributed by atoms with Gasteiger partial charge in [-0.15, -0.1) is 5.10 Å². The van der Waals surface area contributed by atoms with Crippen molar-refractivity contribution in [1.82, 2.24) is 20.1 Å². The van der Waals surface area contributed by atoms with E-state index in [2.05, 4.69) is 30.8 Å². The summed E-state index contributed by atoms with van der Waals surface area (Å²) in [6, 6.07) is 18.7. The van der Waals surface area contributed by atoms with Crippen molar-refractivity contribution >= 4 is 40.4 Å². The maximum absolute atomic E-state index is 13.2. The van der Waals surface area contributed by atoms with Gasteiger partial charge in [-0.25, -0.2) is 15.0 Å². The number of nitrogens with one attached hydrogen (secondary N) is 2. The number of halogens is 3. The van der Waals surface area contributed by atoms with Crippen LogP contribution in [0, 0.1) is 0 Å². The number of amidine groups is 1. The number of benzodiazepines with no additional fused rings is 1. The van der Waals surface area contributed by atoms with Crippen LogP contribution in [-0.2, 0) is 15.7 Å². The third-order valence-electron chi connectivity index (χ3n) is 6.90. The Labute approximate surface area is 254 Å². The molecule has 12 nitrogen and oxygen atoms in total. The molecule has 1 amide bonds. The Morgan fingerprint density at radius 2 is 1.80 bits per heavy atom. The molecule has 2 aromatic heterocycles. The summed E-state index contributed by atoms with van der Waals surface area (Å²) in [5, 5.41) is 13.9. The minimum absolute atomic E-state index is 0.0466. The molecule has 0 spiro atoms. The molecule has 0 bridgehead atoms. The summed E-state index contributed by atoms with van der Waals surface area (Å²) in [5.41, 5.74) is 8.06. The molecular formula is C30H26F3N9O3. The Morgan fingerprint density at radius 1 is 1.04 bits per heavy atom. The van der Waals surface area contributed by atoms with Crippen molar-refractivity contribution in [3.63, 3.8) is 0 Å². The summed E-state index contributed by atoms with van der Waals surface area (Å²) in [6.45, 7) is 1.62. The number of aliphatic imine (C=N–C) groups is 2. The van der Waals surface area contributed by atoms with E-state index in [0.717, 1.165) is 23.4 Å². The van der Waals surface area contributed by atoms with E-state index in [1.165, 1.54) is 12.3 Å². The van der Waals surface area contributed by atoms with Crippen molar-refractivity contribution < 1.29 is 27.1 Å². The predicted molar refractivity (Wildman–Crippen MR) is 160 cm³/mol. The average molecular weight is 618 g/mol. The zero-order valence-electron chi connectivity index (χ0n) is 23.5. The van der Waals surface area contributed by atoms with Gasteiger partial charge in [0.15, 0.2) is 0 Å². The number of nitrogens with two attached hydrogens (primary N) is 1. The van der Waals surface area contributed by atoms with Gasteiger partial charge >= 0.3 is 12.2 Å². The molecular weight excluding hydrogens is 591 g/mol. The maximum Gasteiger partial charge on any atom is 0.433 e. The van der Waals surface area contributed by atoms with E-state index in [-0.39, 0.29) is 29.0 Å². The van der Waals surface area contributed by atoms with Crippen LogP contribution in [0.15, 0.2) is 93.5 Å². The Bertz CT molecular complexity index is 1760. The van der Waals surface area contributed by atoms with Gasteiger partial charge in [-0.05, 0) is 18.2 Å². The smallest absolute Gasteiger partial charge is 0.404 e. The Morgan fingerprint density at radius 3 is 2.51 bits per heavy atom. The van der Waals surface area contributed by atoms with Crippen LogP contribution < -0.4 is 16.4 Å². The number of nitrogens with zero attached hydrogens (tertiary/aromatic N) is 6. The van der Waals surface area contributed by atoms with Gasteiger partial charge in [0.2, 0.25) is 6.17 Å². The lowest BCUT2D eigenvalue weighted by atomic mass is 10.0.